The van der Waals surface area contributed by atoms with Crippen LogP contribution in [0.4, 0.5) is 0 Å². The summed E-state index contributed by atoms with van der Waals surface area (Å²) in [5.41, 5.74) is 3.44. The van der Waals surface area contributed by atoms with Crippen LogP contribution in [0.15, 0.2) is 43.0 Å². The number of ether oxygens (including phenoxy) is 4. The third-order valence-corrected chi connectivity index (χ3v) is 4.66. The highest BCUT2D eigenvalue weighted by Crippen LogP contribution is 2.51. The number of hydrogen-bond acceptors (Lipinski definition) is 4. The first-order valence-electron chi connectivity index (χ1n) is 8.09. The number of fused-ring (bicyclic) bond motifs is 2. The van der Waals surface area contributed by atoms with Crippen molar-refractivity contribution in [2.45, 2.75) is 25.4 Å². The van der Waals surface area contributed by atoms with Crippen LogP contribution >= 0.6 is 0 Å². The second kappa shape index (κ2) is 5.78. The Morgan fingerprint density at radius 3 is 2.83 bits per heavy atom. The molecule has 0 fully saturated rings. The van der Waals surface area contributed by atoms with Crippen LogP contribution in [0.25, 0.3) is 0 Å². The normalized spacial score (nSPS) is 20.4. The van der Waals surface area contributed by atoms with E-state index in [-0.39, 0.29) is 18.8 Å². The fourth-order valence-electron chi connectivity index (χ4n) is 3.42. The van der Waals surface area contributed by atoms with Crippen molar-refractivity contribution in [2.24, 2.45) is 0 Å². The third-order valence-electron chi connectivity index (χ3n) is 4.66. The molecule has 0 aromatic heterocycles. The van der Waals surface area contributed by atoms with Gasteiger partial charge in [0, 0.05) is 11.5 Å². The topological polar surface area (TPSA) is 36.9 Å². The zero-order valence-corrected chi connectivity index (χ0v) is 13.9. The lowest BCUT2D eigenvalue weighted by molar-refractivity contribution is 0.173. The van der Waals surface area contributed by atoms with Gasteiger partial charge in [-0.15, -0.1) is 6.58 Å². The highest BCUT2D eigenvalue weighted by Gasteiger charge is 2.35. The maximum Gasteiger partial charge on any atom is 0.231 e. The van der Waals surface area contributed by atoms with Crippen molar-refractivity contribution in [3.63, 3.8) is 0 Å². The molecule has 0 aliphatic carbocycles. The third kappa shape index (κ3) is 2.30. The molecule has 0 amide bonds. The molecule has 4 heteroatoms. The van der Waals surface area contributed by atoms with Gasteiger partial charge in [0.25, 0.3) is 0 Å². The Hall–Kier alpha value is -2.62. The molecule has 24 heavy (non-hydrogen) atoms. The zero-order chi connectivity index (χ0) is 16.7. The van der Waals surface area contributed by atoms with Crippen molar-refractivity contribution in [2.75, 3.05) is 13.9 Å². The van der Waals surface area contributed by atoms with Crippen LogP contribution in [0.1, 0.15) is 35.6 Å². The Morgan fingerprint density at radius 2 is 2.04 bits per heavy atom. The first-order valence-corrected chi connectivity index (χ1v) is 8.09. The quantitative estimate of drug-likeness (QED) is 0.782. The molecule has 2 heterocycles. The van der Waals surface area contributed by atoms with E-state index in [2.05, 4.69) is 19.6 Å². The van der Waals surface area contributed by atoms with Crippen molar-refractivity contribution < 1.29 is 18.9 Å². The fraction of sp³-hybridized carbons (Fsp3) is 0.300. The van der Waals surface area contributed by atoms with Crippen LogP contribution < -0.4 is 18.9 Å². The lowest BCUT2D eigenvalue weighted by atomic mass is 9.91. The lowest BCUT2D eigenvalue weighted by Crippen LogP contribution is -2.07. The van der Waals surface area contributed by atoms with Gasteiger partial charge in [-0.1, -0.05) is 25.1 Å². The molecule has 0 saturated heterocycles. The van der Waals surface area contributed by atoms with Gasteiger partial charge in [-0.25, -0.2) is 0 Å². The van der Waals surface area contributed by atoms with E-state index in [1.54, 1.807) is 7.11 Å². The molecule has 0 bridgehead atoms. The molecular formula is C20H20O4. The maximum absolute atomic E-state index is 6.27. The van der Waals surface area contributed by atoms with E-state index in [9.17, 15) is 0 Å². The number of allylic oxidation sites excluding steroid dienone is 1. The van der Waals surface area contributed by atoms with E-state index < -0.39 is 0 Å². The Balaban J connectivity index is 1.72. The van der Waals surface area contributed by atoms with Crippen molar-refractivity contribution >= 4 is 0 Å². The first kappa shape index (κ1) is 14.9. The summed E-state index contributed by atoms with van der Waals surface area (Å²) in [6.45, 7) is 6.28. The molecule has 4 nitrogen and oxygen atoms in total. The second-order valence-corrected chi connectivity index (χ2v) is 6.15. The number of rotatable bonds is 4. The minimum atomic E-state index is -0.0672. The van der Waals surface area contributed by atoms with Crippen LogP contribution in [0.5, 0.6) is 23.0 Å². The molecule has 124 valence electrons. The van der Waals surface area contributed by atoms with Crippen LogP contribution in [-0.4, -0.2) is 13.9 Å². The lowest BCUT2D eigenvalue weighted by Gasteiger charge is -2.16. The van der Waals surface area contributed by atoms with Gasteiger partial charge in [-0.05, 0) is 35.7 Å². The molecule has 0 spiro atoms. The average molecular weight is 324 g/mol. The van der Waals surface area contributed by atoms with Gasteiger partial charge in [0.15, 0.2) is 23.0 Å². The molecule has 0 saturated carbocycles. The van der Waals surface area contributed by atoms with Gasteiger partial charge >= 0.3 is 0 Å². The van der Waals surface area contributed by atoms with Crippen molar-refractivity contribution in [1.82, 2.24) is 0 Å². The van der Waals surface area contributed by atoms with E-state index in [0.29, 0.717) is 0 Å². The van der Waals surface area contributed by atoms with Gasteiger partial charge < -0.3 is 18.9 Å². The number of methoxy groups -OCH3 is 1. The Morgan fingerprint density at radius 1 is 1.21 bits per heavy atom. The van der Waals surface area contributed by atoms with Gasteiger partial charge in [-0.2, -0.15) is 0 Å². The highest BCUT2D eigenvalue weighted by atomic mass is 16.7. The molecule has 0 N–H and O–H groups in total. The zero-order valence-electron chi connectivity index (χ0n) is 13.9. The summed E-state index contributed by atoms with van der Waals surface area (Å²) in [5.74, 6) is 3.39. The molecule has 0 radical (unpaired) electrons. The number of benzene rings is 2. The molecule has 2 aromatic carbocycles. The fourth-order valence-corrected chi connectivity index (χ4v) is 3.42. The SMILES string of the molecule is C=CCc1cc(OC)c2c(c1)[C@@H](C)[C@@H](c1ccc3c(c1)OCO3)O2. The van der Waals surface area contributed by atoms with Crippen molar-refractivity contribution in [3.05, 3.63) is 59.7 Å². The summed E-state index contributed by atoms with van der Waals surface area (Å²) in [5, 5.41) is 0. The summed E-state index contributed by atoms with van der Waals surface area (Å²) in [6, 6.07) is 10.2. The second-order valence-electron chi connectivity index (χ2n) is 6.15. The van der Waals surface area contributed by atoms with Crippen LogP contribution in [0.2, 0.25) is 0 Å². The Bertz CT molecular complexity index is 796. The first-order chi connectivity index (χ1) is 11.7. The smallest absolute Gasteiger partial charge is 0.231 e. The predicted octanol–water partition coefficient (Wildman–Crippen LogP) is 4.39. The molecule has 2 aromatic rings. The van der Waals surface area contributed by atoms with Gasteiger partial charge in [0.2, 0.25) is 6.79 Å². The minimum Gasteiger partial charge on any atom is -0.493 e. The highest BCUT2D eigenvalue weighted by molar-refractivity contribution is 5.56. The van der Waals surface area contributed by atoms with Gasteiger partial charge in [0.05, 0.1) is 7.11 Å². The van der Waals surface area contributed by atoms with Gasteiger partial charge in [-0.3, -0.25) is 0 Å². The largest absolute Gasteiger partial charge is 0.493 e. The molecule has 2 aliphatic heterocycles. The van der Waals surface area contributed by atoms with Crippen LogP contribution in [0.3, 0.4) is 0 Å². The minimum absolute atomic E-state index is 0.0672. The van der Waals surface area contributed by atoms with E-state index >= 15 is 0 Å². The van der Waals surface area contributed by atoms with E-state index in [1.807, 2.05) is 30.3 Å². The standard InChI is InChI=1S/C20H20O4/c1-4-5-13-8-15-12(2)19(24-20(15)18(9-13)21-3)14-6-7-16-17(10-14)23-11-22-16/h4,6-10,12,19H,1,5,11H2,2-3H3/t12-,19+/m1/s1. The van der Waals surface area contributed by atoms with E-state index in [0.717, 1.165) is 35.0 Å². The average Bonchev–Trinajstić information content (AvgIpc) is 3.19. The van der Waals surface area contributed by atoms with Crippen molar-refractivity contribution in [3.8, 4) is 23.0 Å². The molecule has 2 aliphatic rings. The summed E-state index contributed by atoms with van der Waals surface area (Å²) in [4.78, 5) is 0. The summed E-state index contributed by atoms with van der Waals surface area (Å²) >= 11 is 0. The molecule has 2 atom stereocenters. The molecular weight excluding hydrogens is 304 g/mol. The van der Waals surface area contributed by atoms with E-state index in [1.165, 1.54) is 11.1 Å². The molecule has 4 rings (SSSR count). The van der Waals surface area contributed by atoms with Gasteiger partial charge in [0.1, 0.15) is 6.10 Å². The number of hydrogen-bond donors (Lipinski definition) is 0. The van der Waals surface area contributed by atoms with Crippen LogP contribution in [0, 0.1) is 0 Å². The summed E-state index contributed by atoms with van der Waals surface area (Å²) in [7, 11) is 1.68. The summed E-state index contributed by atoms with van der Waals surface area (Å²) in [6.07, 6.45) is 2.64. The van der Waals surface area contributed by atoms with E-state index in [4.69, 9.17) is 18.9 Å². The maximum atomic E-state index is 6.27. The summed E-state index contributed by atoms with van der Waals surface area (Å²) < 4.78 is 22.7. The predicted molar refractivity (Wildman–Crippen MR) is 91.2 cm³/mol. The van der Waals surface area contributed by atoms with Crippen LogP contribution in [-0.2, 0) is 6.42 Å². The Kier molecular flexibility index (Phi) is 3.60. The molecule has 0 unspecified atom stereocenters. The Labute approximate surface area is 141 Å². The van der Waals surface area contributed by atoms with Crippen molar-refractivity contribution in [1.29, 1.82) is 0 Å². The monoisotopic (exact) mass is 324 g/mol.